The van der Waals surface area contributed by atoms with Crippen LogP contribution >= 0.6 is 0 Å². The van der Waals surface area contributed by atoms with Crippen molar-refractivity contribution < 1.29 is 9.53 Å². The number of hydrogen-bond acceptors (Lipinski definition) is 5. The first kappa shape index (κ1) is 21.8. The monoisotopic (exact) mass is 463 g/mol. The number of H-pyrrole nitrogens is 1. The van der Waals surface area contributed by atoms with Crippen molar-refractivity contribution in [1.29, 1.82) is 0 Å². The largest absolute Gasteiger partial charge is 0.381 e. The van der Waals surface area contributed by atoms with E-state index in [2.05, 4.69) is 15.0 Å². The third-order valence-corrected chi connectivity index (χ3v) is 8.01. The van der Waals surface area contributed by atoms with E-state index >= 15 is 0 Å². The minimum atomic E-state index is -0.117. The first-order chi connectivity index (χ1) is 16.6. The number of aromatic nitrogens is 3. The van der Waals surface area contributed by atoms with E-state index in [0.29, 0.717) is 17.3 Å². The maximum Gasteiger partial charge on any atom is 0.259 e. The number of piperazine rings is 1. The molecule has 2 aromatic heterocycles. The van der Waals surface area contributed by atoms with Crippen molar-refractivity contribution in [3.8, 4) is 0 Å². The molecule has 3 aromatic rings. The molecule has 1 N–H and O–H groups in total. The van der Waals surface area contributed by atoms with Crippen molar-refractivity contribution in [1.82, 2.24) is 24.6 Å². The quantitative estimate of drug-likeness (QED) is 0.643. The summed E-state index contributed by atoms with van der Waals surface area (Å²) in [5.74, 6) is 0.703. The molecular weight excluding hydrogens is 430 g/mol. The molecule has 1 unspecified atom stereocenters. The number of carbonyl (C=O) groups is 1. The molecule has 3 fully saturated rings. The van der Waals surface area contributed by atoms with Crippen molar-refractivity contribution >= 4 is 27.7 Å². The van der Waals surface area contributed by atoms with Gasteiger partial charge in [0, 0.05) is 50.3 Å². The molecule has 2 aliphatic heterocycles. The Morgan fingerprint density at radius 3 is 2.65 bits per heavy atom. The van der Waals surface area contributed by atoms with Crippen molar-refractivity contribution in [2.75, 3.05) is 45.9 Å². The Morgan fingerprint density at radius 2 is 1.91 bits per heavy atom. The summed E-state index contributed by atoms with van der Waals surface area (Å²) >= 11 is 0. The zero-order valence-corrected chi connectivity index (χ0v) is 19.9. The number of nitrogens with one attached hydrogen (secondary N) is 1. The number of fused-ring (bicyclic) bond motifs is 3. The van der Waals surface area contributed by atoms with Crippen molar-refractivity contribution in [2.45, 2.75) is 45.1 Å². The van der Waals surface area contributed by atoms with Crippen molar-refractivity contribution in [2.24, 2.45) is 5.92 Å². The van der Waals surface area contributed by atoms with E-state index < -0.39 is 0 Å². The summed E-state index contributed by atoms with van der Waals surface area (Å²) in [7, 11) is 0. The number of aryl methyl sites for hydroxylation is 1. The highest BCUT2D eigenvalue weighted by molar-refractivity contribution is 6.07. The zero-order chi connectivity index (χ0) is 23.2. The number of pyridine rings is 1. The number of rotatable bonds is 4. The van der Waals surface area contributed by atoms with Gasteiger partial charge in [0.05, 0.1) is 35.3 Å². The predicted octanol–water partition coefficient (Wildman–Crippen LogP) is 3.10. The maximum absolute atomic E-state index is 13.6. The number of amides is 1. The van der Waals surface area contributed by atoms with Gasteiger partial charge in [0.1, 0.15) is 0 Å². The minimum absolute atomic E-state index is 0.0783. The molecule has 3 aliphatic rings. The van der Waals surface area contributed by atoms with E-state index in [0.717, 1.165) is 92.7 Å². The van der Waals surface area contributed by atoms with Crippen molar-refractivity contribution in [3.05, 3.63) is 39.8 Å². The van der Waals surface area contributed by atoms with Gasteiger partial charge < -0.3 is 14.6 Å². The summed E-state index contributed by atoms with van der Waals surface area (Å²) in [5, 5.41) is 6.13. The second-order valence-electron chi connectivity index (χ2n) is 10.3. The lowest BCUT2D eigenvalue weighted by molar-refractivity contribution is 0.0611. The highest BCUT2D eigenvalue weighted by Crippen LogP contribution is 2.34. The molecule has 2 saturated heterocycles. The van der Waals surface area contributed by atoms with Gasteiger partial charge in [-0.05, 0) is 49.8 Å². The van der Waals surface area contributed by atoms with Gasteiger partial charge in [-0.3, -0.25) is 19.2 Å². The van der Waals surface area contributed by atoms with Gasteiger partial charge in [0.25, 0.3) is 11.5 Å². The van der Waals surface area contributed by atoms with E-state index in [1.807, 2.05) is 28.6 Å². The minimum Gasteiger partial charge on any atom is -0.381 e. The SMILES string of the molecule is Cc1cc2[nH]c(=O)c3cnn(C4CCCC4)c3c2cc1C(=O)N1CCN(CC2CCOC2)CC1. The van der Waals surface area contributed by atoms with Crippen LogP contribution in [0.15, 0.2) is 23.1 Å². The first-order valence-corrected chi connectivity index (χ1v) is 12.7. The third-order valence-electron chi connectivity index (χ3n) is 8.01. The van der Waals surface area contributed by atoms with Crippen LogP contribution in [0.25, 0.3) is 21.8 Å². The van der Waals surface area contributed by atoms with Gasteiger partial charge in [0.15, 0.2) is 0 Å². The molecule has 4 heterocycles. The fourth-order valence-corrected chi connectivity index (χ4v) is 6.05. The normalized spacial score (nSPS) is 22.4. The number of aromatic amines is 1. The van der Waals surface area contributed by atoms with E-state index in [-0.39, 0.29) is 11.5 Å². The molecule has 1 amide bonds. The lowest BCUT2D eigenvalue weighted by atomic mass is 10.0. The maximum atomic E-state index is 13.6. The summed E-state index contributed by atoms with van der Waals surface area (Å²) in [5.41, 5.74) is 3.13. The van der Waals surface area contributed by atoms with E-state index in [4.69, 9.17) is 4.74 Å². The number of hydrogen-bond donors (Lipinski definition) is 1. The average molecular weight is 464 g/mol. The van der Waals surface area contributed by atoms with Crippen LogP contribution in [0.1, 0.15) is 54.1 Å². The summed E-state index contributed by atoms with van der Waals surface area (Å²) in [6.07, 6.45) is 7.37. The van der Waals surface area contributed by atoms with Crippen LogP contribution < -0.4 is 5.56 Å². The Labute approximate surface area is 198 Å². The molecular formula is C26H33N5O3. The Kier molecular flexibility index (Phi) is 5.65. The van der Waals surface area contributed by atoms with Crippen LogP contribution in [0.3, 0.4) is 0 Å². The summed E-state index contributed by atoms with van der Waals surface area (Å²) in [6, 6.07) is 4.26. The fraction of sp³-hybridized carbons (Fsp3) is 0.577. The Balaban J connectivity index is 1.30. The topological polar surface area (TPSA) is 83.5 Å². The molecule has 180 valence electrons. The Bertz CT molecular complexity index is 1280. The van der Waals surface area contributed by atoms with Gasteiger partial charge in [-0.15, -0.1) is 0 Å². The average Bonchev–Trinajstić information content (AvgIpc) is 3.60. The number of benzene rings is 1. The Hall–Kier alpha value is -2.71. The molecule has 0 spiro atoms. The molecule has 8 nitrogen and oxygen atoms in total. The lowest BCUT2D eigenvalue weighted by Gasteiger charge is -2.36. The molecule has 1 atom stereocenters. The molecule has 6 rings (SSSR count). The Morgan fingerprint density at radius 1 is 1.12 bits per heavy atom. The third kappa shape index (κ3) is 3.82. The molecule has 1 saturated carbocycles. The van der Waals surface area contributed by atoms with Crippen molar-refractivity contribution in [3.63, 3.8) is 0 Å². The van der Waals surface area contributed by atoms with Gasteiger partial charge >= 0.3 is 0 Å². The van der Waals surface area contributed by atoms with Gasteiger partial charge in [-0.2, -0.15) is 5.10 Å². The molecule has 0 bridgehead atoms. The zero-order valence-electron chi connectivity index (χ0n) is 19.9. The molecule has 1 aliphatic carbocycles. The summed E-state index contributed by atoms with van der Waals surface area (Å²) in [6.45, 7) is 8.05. The molecule has 1 aromatic carbocycles. The van der Waals surface area contributed by atoms with E-state index in [1.54, 1.807) is 6.20 Å². The second kappa shape index (κ2) is 8.82. The van der Waals surface area contributed by atoms with Crippen LogP contribution in [-0.2, 0) is 4.74 Å². The summed E-state index contributed by atoms with van der Waals surface area (Å²) in [4.78, 5) is 33.8. The first-order valence-electron chi connectivity index (χ1n) is 12.7. The van der Waals surface area contributed by atoms with E-state index in [1.165, 1.54) is 12.8 Å². The molecule has 8 heteroatoms. The highest BCUT2D eigenvalue weighted by Gasteiger charge is 2.27. The van der Waals surface area contributed by atoms with Gasteiger partial charge in [0.2, 0.25) is 0 Å². The van der Waals surface area contributed by atoms with Gasteiger partial charge in [-0.25, -0.2) is 0 Å². The van der Waals surface area contributed by atoms with Crippen LogP contribution in [0.4, 0.5) is 0 Å². The standard InChI is InChI=1S/C26H33N5O3/c1-17-12-23-21(24-22(25(32)28-23)14-27-31(24)19-4-2-3-5-19)13-20(17)26(33)30-9-7-29(8-10-30)15-18-6-11-34-16-18/h12-14,18-19H,2-11,15-16H2,1H3,(H,28,32). The van der Waals surface area contributed by atoms with Crippen LogP contribution in [0, 0.1) is 12.8 Å². The van der Waals surface area contributed by atoms with Gasteiger partial charge in [-0.1, -0.05) is 12.8 Å². The second-order valence-corrected chi connectivity index (χ2v) is 10.3. The van der Waals surface area contributed by atoms with Crippen LogP contribution in [0.2, 0.25) is 0 Å². The van der Waals surface area contributed by atoms with E-state index in [9.17, 15) is 9.59 Å². The molecule has 0 radical (unpaired) electrons. The highest BCUT2D eigenvalue weighted by atomic mass is 16.5. The molecule has 34 heavy (non-hydrogen) atoms. The predicted molar refractivity (Wildman–Crippen MR) is 131 cm³/mol. The number of ether oxygens (including phenoxy) is 1. The lowest BCUT2D eigenvalue weighted by Crippen LogP contribution is -2.50. The smallest absolute Gasteiger partial charge is 0.259 e. The van der Waals surface area contributed by atoms with Crippen LogP contribution in [-0.4, -0.2) is 76.4 Å². The fourth-order valence-electron chi connectivity index (χ4n) is 6.05. The van der Waals surface area contributed by atoms with Crippen LogP contribution in [0.5, 0.6) is 0 Å². The number of carbonyl (C=O) groups excluding carboxylic acids is 1. The number of nitrogens with zero attached hydrogens (tertiary/aromatic N) is 4. The summed E-state index contributed by atoms with van der Waals surface area (Å²) < 4.78 is 7.55.